The first-order valence-electron chi connectivity index (χ1n) is 13.2. The molecule has 1 fully saturated rings. The summed E-state index contributed by atoms with van der Waals surface area (Å²) >= 11 is 12.4. The Labute approximate surface area is 246 Å². The molecule has 10 heteroatoms. The van der Waals surface area contributed by atoms with Gasteiger partial charge in [-0.05, 0) is 47.5 Å². The number of nitro groups is 1. The first kappa shape index (κ1) is 27.0. The Kier molecular flexibility index (Phi) is 7.45. The van der Waals surface area contributed by atoms with Gasteiger partial charge in [0.15, 0.2) is 0 Å². The maximum atomic E-state index is 13.1. The van der Waals surface area contributed by atoms with Crippen LogP contribution >= 0.6 is 23.2 Å². The summed E-state index contributed by atoms with van der Waals surface area (Å²) in [5.74, 6) is -0.0616. The zero-order valence-electron chi connectivity index (χ0n) is 21.9. The van der Waals surface area contributed by atoms with Gasteiger partial charge in [0.25, 0.3) is 11.6 Å². The summed E-state index contributed by atoms with van der Waals surface area (Å²) in [6.45, 7) is 3.14. The lowest BCUT2D eigenvalue weighted by molar-refractivity contribution is -0.384. The lowest BCUT2D eigenvalue weighted by atomic mass is 10.1. The summed E-state index contributed by atoms with van der Waals surface area (Å²) in [5.41, 5.74) is 5.69. The van der Waals surface area contributed by atoms with Gasteiger partial charge >= 0.3 is 0 Å². The highest BCUT2D eigenvalue weighted by Crippen LogP contribution is 2.30. The molecule has 0 bridgehead atoms. The number of piperazine rings is 1. The van der Waals surface area contributed by atoms with Gasteiger partial charge in [-0.3, -0.25) is 19.8 Å². The second-order valence-corrected chi connectivity index (χ2v) is 10.8. The standard InChI is InChI=1S/C31H25Cl2N5O3/c32-24-11-8-21(9-12-24)30-28(20-35-14-16-36(17-15-35)31(39)26-6-1-2-7-27(26)33)37-19-23(10-13-29(37)34-30)22-4-3-5-25(18-22)38(40)41/h1-13,18-19H,14-17,20H2. The Balaban J connectivity index is 1.32. The summed E-state index contributed by atoms with van der Waals surface area (Å²) in [6, 6.07) is 25.2. The van der Waals surface area contributed by atoms with E-state index in [-0.39, 0.29) is 16.5 Å². The summed E-state index contributed by atoms with van der Waals surface area (Å²) < 4.78 is 2.05. The van der Waals surface area contributed by atoms with Crippen LogP contribution in [0.15, 0.2) is 91.1 Å². The van der Waals surface area contributed by atoms with Crippen molar-refractivity contribution in [3.63, 3.8) is 0 Å². The number of rotatable bonds is 6. The third kappa shape index (κ3) is 5.54. The second kappa shape index (κ2) is 11.3. The van der Waals surface area contributed by atoms with Gasteiger partial charge in [0, 0.05) is 61.6 Å². The van der Waals surface area contributed by atoms with Crippen molar-refractivity contribution >= 4 is 40.4 Å². The van der Waals surface area contributed by atoms with Crippen LogP contribution in [0.25, 0.3) is 28.0 Å². The molecule has 5 aromatic rings. The van der Waals surface area contributed by atoms with E-state index in [0.717, 1.165) is 33.7 Å². The molecule has 206 valence electrons. The largest absolute Gasteiger partial charge is 0.336 e. The van der Waals surface area contributed by atoms with E-state index in [9.17, 15) is 14.9 Å². The van der Waals surface area contributed by atoms with Crippen LogP contribution in [0.4, 0.5) is 5.69 Å². The van der Waals surface area contributed by atoms with Crippen LogP contribution in [-0.2, 0) is 6.54 Å². The van der Waals surface area contributed by atoms with Crippen molar-refractivity contribution in [2.75, 3.05) is 26.2 Å². The van der Waals surface area contributed by atoms with Crippen LogP contribution in [0.1, 0.15) is 16.1 Å². The quantitative estimate of drug-likeness (QED) is 0.161. The lowest BCUT2D eigenvalue weighted by Crippen LogP contribution is -2.48. The minimum Gasteiger partial charge on any atom is -0.336 e. The number of aromatic nitrogens is 2. The number of carbonyl (C=O) groups is 1. The minimum absolute atomic E-state index is 0.0412. The molecular formula is C31H25Cl2N5O3. The number of imidazole rings is 1. The highest BCUT2D eigenvalue weighted by Gasteiger charge is 2.25. The maximum absolute atomic E-state index is 13.1. The molecule has 8 nitrogen and oxygen atoms in total. The molecule has 0 unspecified atom stereocenters. The number of non-ortho nitro benzene ring substituents is 1. The van der Waals surface area contributed by atoms with Crippen LogP contribution in [-0.4, -0.2) is 56.2 Å². The van der Waals surface area contributed by atoms with Gasteiger partial charge < -0.3 is 9.30 Å². The van der Waals surface area contributed by atoms with Gasteiger partial charge in [-0.15, -0.1) is 0 Å². The van der Waals surface area contributed by atoms with Gasteiger partial charge in [0.2, 0.25) is 0 Å². The summed E-state index contributed by atoms with van der Waals surface area (Å²) in [5, 5.41) is 12.5. The topological polar surface area (TPSA) is 84.0 Å². The van der Waals surface area contributed by atoms with E-state index >= 15 is 0 Å². The van der Waals surface area contributed by atoms with E-state index in [0.29, 0.717) is 48.3 Å². The van der Waals surface area contributed by atoms with Gasteiger partial charge in [-0.1, -0.05) is 59.6 Å². The molecule has 0 atom stereocenters. The SMILES string of the molecule is O=C(c1ccccc1Cl)N1CCN(Cc2c(-c3ccc(Cl)cc3)nc3ccc(-c4cccc([N+](=O)[O-])c4)cn23)CC1. The second-order valence-electron chi connectivity index (χ2n) is 9.92. The average Bonchev–Trinajstić information content (AvgIpc) is 3.35. The molecule has 1 amide bonds. The Morgan fingerprint density at radius 2 is 1.59 bits per heavy atom. The smallest absolute Gasteiger partial charge is 0.270 e. The number of hydrogen-bond donors (Lipinski definition) is 0. The third-order valence-corrected chi connectivity index (χ3v) is 7.94. The van der Waals surface area contributed by atoms with Crippen LogP contribution in [0, 0.1) is 10.1 Å². The summed E-state index contributed by atoms with van der Waals surface area (Å²) in [7, 11) is 0. The minimum atomic E-state index is -0.389. The van der Waals surface area contributed by atoms with Gasteiger partial charge in [0.05, 0.1) is 26.9 Å². The fourth-order valence-corrected chi connectivity index (χ4v) is 5.52. The van der Waals surface area contributed by atoms with E-state index < -0.39 is 0 Å². The molecule has 1 aliphatic heterocycles. The average molecular weight is 586 g/mol. The Morgan fingerprint density at radius 3 is 2.32 bits per heavy atom. The molecule has 0 spiro atoms. The van der Waals surface area contributed by atoms with Crippen molar-refractivity contribution in [3.05, 3.63) is 123 Å². The normalized spacial score (nSPS) is 14.0. The zero-order chi connectivity index (χ0) is 28.5. The van der Waals surface area contributed by atoms with Gasteiger partial charge in [-0.2, -0.15) is 0 Å². The van der Waals surface area contributed by atoms with Crippen LogP contribution in [0.3, 0.4) is 0 Å². The van der Waals surface area contributed by atoms with Crippen LogP contribution in [0.5, 0.6) is 0 Å². The number of amides is 1. The Bertz CT molecular complexity index is 1760. The molecule has 6 rings (SSSR count). The van der Waals surface area contributed by atoms with E-state index in [4.69, 9.17) is 28.2 Å². The van der Waals surface area contributed by atoms with Crippen molar-refractivity contribution in [1.82, 2.24) is 19.2 Å². The highest BCUT2D eigenvalue weighted by molar-refractivity contribution is 6.33. The lowest BCUT2D eigenvalue weighted by Gasteiger charge is -2.35. The molecule has 0 radical (unpaired) electrons. The molecule has 3 heterocycles. The number of nitro benzene ring substituents is 1. The fraction of sp³-hybridized carbons (Fsp3) is 0.161. The van der Waals surface area contributed by atoms with Crippen LogP contribution < -0.4 is 0 Å². The van der Waals surface area contributed by atoms with Crippen LogP contribution in [0.2, 0.25) is 10.0 Å². The number of halogens is 2. The van der Waals surface area contributed by atoms with E-state index in [2.05, 4.69) is 9.30 Å². The van der Waals surface area contributed by atoms with Gasteiger partial charge in [0.1, 0.15) is 5.65 Å². The van der Waals surface area contributed by atoms with Crippen molar-refractivity contribution in [1.29, 1.82) is 0 Å². The first-order valence-corrected chi connectivity index (χ1v) is 13.9. The predicted octanol–water partition coefficient (Wildman–Crippen LogP) is 6.84. The molecule has 0 saturated carbocycles. The maximum Gasteiger partial charge on any atom is 0.270 e. The van der Waals surface area contributed by atoms with Crippen molar-refractivity contribution < 1.29 is 9.72 Å². The Hall–Kier alpha value is -4.24. The number of hydrogen-bond acceptors (Lipinski definition) is 5. The molecule has 3 aromatic carbocycles. The van der Waals surface area contributed by atoms with Crippen molar-refractivity contribution in [2.24, 2.45) is 0 Å². The van der Waals surface area contributed by atoms with E-state index in [1.54, 1.807) is 24.3 Å². The Morgan fingerprint density at radius 1 is 0.854 bits per heavy atom. The number of pyridine rings is 1. The molecule has 1 aliphatic rings. The number of benzene rings is 3. The van der Waals surface area contributed by atoms with Crippen molar-refractivity contribution in [3.8, 4) is 22.4 Å². The van der Waals surface area contributed by atoms with E-state index in [1.165, 1.54) is 6.07 Å². The predicted molar refractivity (Wildman–Crippen MR) is 160 cm³/mol. The monoisotopic (exact) mass is 585 g/mol. The summed E-state index contributed by atoms with van der Waals surface area (Å²) in [4.78, 5) is 33.2. The number of carbonyl (C=O) groups excluding carboxylic acids is 1. The third-order valence-electron chi connectivity index (χ3n) is 7.36. The summed E-state index contributed by atoms with van der Waals surface area (Å²) in [6.07, 6.45) is 1.98. The van der Waals surface area contributed by atoms with Crippen molar-refractivity contribution in [2.45, 2.75) is 6.54 Å². The molecule has 2 aromatic heterocycles. The molecule has 0 N–H and O–H groups in total. The number of fused-ring (bicyclic) bond motifs is 1. The van der Waals surface area contributed by atoms with Gasteiger partial charge in [-0.25, -0.2) is 4.98 Å². The molecule has 0 aliphatic carbocycles. The number of nitrogens with zero attached hydrogens (tertiary/aromatic N) is 5. The molecular weight excluding hydrogens is 561 g/mol. The molecule has 1 saturated heterocycles. The molecule has 41 heavy (non-hydrogen) atoms. The highest BCUT2D eigenvalue weighted by atomic mass is 35.5. The fourth-order valence-electron chi connectivity index (χ4n) is 5.18. The van der Waals surface area contributed by atoms with E-state index in [1.807, 2.05) is 65.7 Å². The first-order chi connectivity index (χ1) is 19.9. The zero-order valence-corrected chi connectivity index (χ0v) is 23.4.